The van der Waals surface area contributed by atoms with Gasteiger partial charge in [-0.2, -0.15) is 0 Å². The van der Waals surface area contributed by atoms with Gasteiger partial charge in [0.25, 0.3) is 0 Å². The molecule has 0 atom stereocenters. The first kappa shape index (κ1) is 14.6. The summed E-state index contributed by atoms with van der Waals surface area (Å²) in [6, 6.07) is 0. The smallest absolute Gasteiger partial charge is 0.306 e. The summed E-state index contributed by atoms with van der Waals surface area (Å²) in [6.45, 7) is 5.86. The molecule has 0 aromatic carbocycles. The van der Waals surface area contributed by atoms with E-state index in [9.17, 15) is 4.79 Å². The molecule has 0 unspecified atom stereocenters. The number of carbonyl (C=O) groups is 1. The molecule has 0 heterocycles. The third-order valence-electron chi connectivity index (χ3n) is 1.35. The molecule has 0 rings (SSSR count). The minimum absolute atomic E-state index is 0. The SMILES string of the molecule is CCCCCC(=O)OC(C)C.[Li]. The molecule has 3 heteroatoms. The van der Waals surface area contributed by atoms with Gasteiger partial charge in [-0.25, -0.2) is 0 Å². The van der Waals surface area contributed by atoms with Gasteiger partial charge in [-0.15, -0.1) is 0 Å². The fourth-order valence-electron chi connectivity index (χ4n) is 0.841. The molecule has 0 aliphatic heterocycles. The molecule has 0 aliphatic carbocycles. The van der Waals surface area contributed by atoms with E-state index in [-0.39, 0.29) is 30.9 Å². The van der Waals surface area contributed by atoms with E-state index < -0.39 is 0 Å². The van der Waals surface area contributed by atoms with Gasteiger partial charge in [0.15, 0.2) is 0 Å². The van der Waals surface area contributed by atoms with E-state index in [1.165, 1.54) is 0 Å². The molecule has 0 aliphatic rings. The van der Waals surface area contributed by atoms with Crippen molar-refractivity contribution in [3.05, 3.63) is 0 Å². The maximum Gasteiger partial charge on any atom is 0.306 e. The van der Waals surface area contributed by atoms with Crippen molar-refractivity contribution in [2.24, 2.45) is 0 Å². The molecule has 1 radical (unpaired) electrons. The standard InChI is InChI=1S/C9H18O2.Li/c1-4-5-6-7-9(10)11-8(2)3;/h8H,4-7H2,1-3H3;. The molecule has 0 fully saturated rings. The van der Waals surface area contributed by atoms with Crippen LogP contribution in [0.4, 0.5) is 0 Å². The van der Waals surface area contributed by atoms with Crippen molar-refractivity contribution >= 4 is 24.8 Å². The van der Waals surface area contributed by atoms with Crippen molar-refractivity contribution in [3.8, 4) is 0 Å². The summed E-state index contributed by atoms with van der Waals surface area (Å²) in [4.78, 5) is 10.9. The van der Waals surface area contributed by atoms with Crippen molar-refractivity contribution in [3.63, 3.8) is 0 Å². The Labute approximate surface area is 87.2 Å². The number of hydrogen-bond donors (Lipinski definition) is 0. The maximum absolute atomic E-state index is 10.9. The number of hydrogen-bond acceptors (Lipinski definition) is 2. The van der Waals surface area contributed by atoms with E-state index in [2.05, 4.69) is 6.92 Å². The summed E-state index contributed by atoms with van der Waals surface area (Å²) in [5.74, 6) is -0.0616. The van der Waals surface area contributed by atoms with Crippen LogP contribution in [-0.4, -0.2) is 30.9 Å². The van der Waals surface area contributed by atoms with E-state index >= 15 is 0 Å². The van der Waals surface area contributed by atoms with Crippen LogP contribution in [0.2, 0.25) is 0 Å². The Morgan fingerprint density at radius 1 is 1.33 bits per heavy atom. The Kier molecular flexibility index (Phi) is 11.1. The minimum atomic E-state index is -0.0616. The van der Waals surface area contributed by atoms with Crippen LogP contribution < -0.4 is 0 Å². The average Bonchev–Trinajstić information content (AvgIpc) is 1.86. The molecule has 0 bridgehead atoms. The Hall–Kier alpha value is 0.0674. The molecule has 12 heavy (non-hydrogen) atoms. The Morgan fingerprint density at radius 2 is 1.92 bits per heavy atom. The summed E-state index contributed by atoms with van der Waals surface area (Å²) >= 11 is 0. The quantitative estimate of drug-likeness (QED) is 0.354. The summed E-state index contributed by atoms with van der Waals surface area (Å²) in [7, 11) is 0. The zero-order chi connectivity index (χ0) is 8.69. The van der Waals surface area contributed by atoms with E-state index in [1.54, 1.807) is 0 Å². The van der Waals surface area contributed by atoms with E-state index in [4.69, 9.17) is 4.74 Å². The zero-order valence-electron chi connectivity index (χ0n) is 8.72. The molecule has 0 saturated carbocycles. The van der Waals surface area contributed by atoms with Gasteiger partial charge in [0.05, 0.1) is 6.10 Å². The predicted octanol–water partition coefficient (Wildman–Crippen LogP) is 2.14. The van der Waals surface area contributed by atoms with Gasteiger partial charge in [0, 0.05) is 25.3 Å². The zero-order valence-corrected chi connectivity index (χ0v) is 8.72. The Bertz CT molecular complexity index is 113. The third kappa shape index (κ3) is 10.1. The number of rotatable bonds is 5. The van der Waals surface area contributed by atoms with Crippen LogP contribution in [0.25, 0.3) is 0 Å². The second-order valence-corrected chi connectivity index (χ2v) is 3.00. The third-order valence-corrected chi connectivity index (χ3v) is 1.35. The second kappa shape index (κ2) is 9.16. The first-order valence-electron chi connectivity index (χ1n) is 4.36. The normalized spacial score (nSPS) is 9.33. The first-order chi connectivity index (χ1) is 5.16. The molecule has 0 amide bonds. The van der Waals surface area contributed by atoms with E-state index in [0.717, 1.165) is 19.3 Å². The van der Waals surface area contributed by atoms with Gasteiger partial charge in [0.2, 0.25) is 0 Å². The molecule has 0 aromatic rings. The number of unbranched alkanes of at least 4 members (excludes halogenated alkanes) is 2. The van der Waals surface area contributed by atoms with Crippen molar-refractivity contribution < 1.29 is 9.53 Å². The Balaban J connectivity index is 0. The number of esters is 1. The first-order valence-corrected chi connectivity index (χ1v) is 4.36. The van der Waals surface area contributed by atoms with Gasteiger partial charge < -0.3 is 4.74 Å². The molecule has 0 spiro atoms. The molecule has 0 N–H and O–H groups in total. The van der Waals surface area contributed by atoms with Gasteiger partial charge in [-0.05, 0) is 20.3 Å². The van der Waals surface area contributed by atoms with Crippen molar-refractivity contribution in [1.29, 1.82) is 0 Å². The van der Waals surface area contributed by atoms with Gasteiger partial charge in [0.1, 0.15) is 0 Å². The van der Waals surface area contributed by atoms with E-state index in [0.29, 0.717) is 6.42 Å². The fourth-order valence-corrected chi connectivity index (χ4v) is 0.841. The molecule has 67 valence electrons. The monoisotopic (exact) mass is 165 g/mol. The van der Waals surface area contributed by atoms with Crippen LogP contribution in [0.3, 0.4) is 0 Å². The van der Waals surface area contributed by atoms with Crippen LogP contribution in [0.5, 0.6) is 0 Å². The minimum Gasteiger partial charge on any atom is -0.463 e. The summed E-state index contributed by atoms with van der Waals surface area (Å²) in [5.41, 5.74) is 0. The fraction of sp³-hybridized carbons (Fsp3) is 0.889. The van der Waals surface area contributed by atoms with Crippen LogP contribution in [0.15, 0.2) is 0 Å². The largest absolute Gasteiger partial charge is 0.463 e. The van der Waals surface area contributed by atoms with Crippen molar-refractivity contribution in [1.82, 2.24) is 0 Å². The molecular formula is C9H18LiO2. The van der Waals surface area contributed by atoms with Gasteiger partial charge in [-0.3, -0.25) is 4.79 Å². The van der Waals surface area contributed by atoms with Gasteiger partial charge in [-0.1, -0.05) is 19.8 Å². The van der Waals surface area contributed by atoms with E-state index in [1.807, 2.05) is 13.8 Å². The summed E-state index contributed by atoms with van der Waals surface area (Å²) in [5, 5.41) is 0. The average molecular weight is 165 g/mol. The molecule has 0 aromatic heterocycles. The van der Waals surface area contributed by atoms with Crippen LogP contribution >= 0.6 is 0 Å². The second-order valence-electron chi connectivity index (χ2n) is 3.00. The van der Waals surface area contributed by atoms with Crippen LogP contribution in [0, 0.1) is 0 Å². The summed E-state index contributed by atoms with van der Waals surface area (Å²) < 4.78 is 4.96. The Morgan fingerprint density at radius 3 is 2.33 bits per heavy atom. The molecule has 0 saturated heterocycles. The van der Waals surface area contributed by atoms with Crippen LogP contribution in [-0.2, 0) is 9.53 Å². The number of ether oxygens (including phenoxy) is 1. The predicted molar refractivity (Wildman–Crippen MR) is 51.1 cm³/mol. The maximum atomic E-state index is 10.9. The van der Waals surface area contributed by atoms with Crippen molar-refractivity contribution in [2.75, 3.05) is 0 Å². The van der Waals surface area contributed by atoms with Crippen LogP contribution in [0.1, 0.15) is 46.5 Å². The number of carbonyl (C=O) groups excluding carboxylic acids is 1. The molecular weight excluding hydrogens is 147 g/mol. The van der Waals surface area contributed by atoms with Gasteiger partial charge >= 0.3 is 5.97 Å². The summed E-state index contributed by atoms with van der Waals surface area (Å²) in [6.07, 6.45) is 3.83. The topological polar surface area (TPSA) is 26.3 Å². The van der Waals surface area contributed by atoms with Crippen molar-refractivity contribution in [2.45, 2.75) is 52.6 Å². The molecule has 2 nitrogen and oxygen atoms in total.